The fourth-order valence-electron chi connectivity index (χ4n) is 4.44. The zero-order chi connectivity index (χ0) is 29.8. The lowest BCUT2D eigenvalue weighted by atomic mass is 10.0. The van der Waals surface area contributed by atoms with Crippen molar-refractivity contribution in [3.8, 4) is 5.75 Å². The number of amides is 3. The summed E-state index contributed by atoms with van der Waals surface area (Å²) in [7, 11) is 1.56. The lowest BCUT2D eigenvalue weighted by Gasteiger charge is -2.31. The maximum Gasteiger partial charge on any atom is 0.245 e. The minimum absolute atomic E-state index is 0.0795. The summed E-state index contributed by atoms with van der Waals surface area (Å²) in [6.45, 7) is 4.31. The Balaban J connectivity index is 1.82. The molecule has 0 aliphatic carbocycles. The molecule has 0 saturated carbocycles. The summed E-state index contributed by atoms with van der Waals surface area (Å²) in [5.41, 5.74) is 8.22. The van der Waals surface area contributed by atoms with Gasteiger partial charge in [0.25, 0.3) is 0 Å². The molecule has 0 aromatic heterocycles. The van der Waals surface area contributed by atoms with Crippen LogP contribution in [0.5, 0.6) is 5.75 Å². The highest BCUT2D eigenvalue weighted by Crippen LogP contribution is 2.16. The van der Waals surface area contributed by atoms with Crippen molar-refractivity contribution in [2.75, 3.05) is 13.7 Å². The van der Waals surface area contributed by atoms with E-state index in [9.17, 15) is 18.8 Å². The SMILES string of the molecule is CCOc1ccc(CC(NC(=O)CC)C(=O)N(C)C(Cc2ccccc2)C(=O)NCc2ccc(CN)c(F)c2)cc1. The minimum atomic E-state index is -0.880. The molecule has 0 spiro atoms. The highest BCUT2D eigenvalue weighted by atomic mass is 19.1. The van der Waals surface area contributed by atoms with Gasteiger partial charge in [0.05, 0.1) is 6.61 Å². The van der Waals surface area contributed by atoms with E-state index in [2.05, 4.69) is 10.6 Å². The van der Waals surface area contributed by atoms with Crippen molar-refractivity contribution in [1.29, 1.82) is 0 Å². The molecule has 218 valence electrons. The van der Waals surface area contributed by atoms with Gasteiger partial charge in [-0.3, -0.25) is 14.4 Å². The van der Waals surface area contributed by atoms with Crippen molar-refractivity contribution in [3.05, 3.63) is 101 Å². The number of nitrogens with zero attached hydrogens (tertiary/aromatic N) is 1. The van der Waals surface area contributed by atoms with Crippen molar-refractivity contribution < 1.29 is 23.5 Å². The number of benzene rings is 3. The van der Waals surface area contributed by atoms with Gasteiger partial charge in [-0.2, -0.15) is 0 Å². The Kier molecular flexibility index (Phi) is 11.8. The summed E-state index contributed by atoms with van der Waals surface area (Å²) in [6.07, 6.45) is 0.713. The van der Waals surface area contributed by atoms with Gasteiger partial charge in [-0.25, -0.2) is 4.39 Å². The fraction of sp³-hybridized carbons (Fsp3) is 0.344. The van der Waals surface area contributed by atoms with Crippen LogP contribution in [0.25, 0.3) is 0 Å². The van der Waals surface area contributed by atoms with E-state index in [1.165, 1.54) is 11.0 Å². The maximum atomic E-state index is 14.2. The van der Waals surface area contributed by atoms with Crippen molar-refractivity contribution in [2.24, 2.45) is 5.73 Å². The molecule has 2 atom stereocenters. The average molecular weight is 563 g/mol. The molecule has 0 fully saturated rings. The number of nitrogens with two attached hydrogens (primary N) is 1. The molecule has 0 radical (unpaired) electrons. The van der Waals surface area contributed by atoms with Crippen LogP contribution in [0.4, 0.5) is 4.39 Å². The van der Waals surface area contributed by atoms with Gasteiger partial charge >= 0.3 is 0 Å². The predicted molar refractivity (Wildman–Crippen MR) is 156 cm³/mol. The normalized spacial score (nSPS) is 12.2. The molecule has 3 aromatic carbocycles. The summed E-state index contributed by atoms with van der Waals surface area (Å²) in [6, 6.07) is 19.6. The van der Waals surface area contributed by atoms with Crippen molar-refractivity contribution in [2.45, 2.75) is 58.3 Å². The number of nitrogens with one attached hydrogen (secondary N) is 2. The Hall–Kier alpha value is -4.24. The summed E-state index contributed by atoms with van der Waals surface area (Å²) in [5.74, 6) is -0.776. The van der Waals surface area contributed by atoms with Gasteiger partial charge in [-0.05, 0) is 41.8 Å². The largest absolute Gasteiger partial charge is 0.494 e. The molecule has 9 heteroatoms. The minimum Gasteiger partial charge on any atom is -0.494 e. The molecule has 0 aliphatic heterocycles. The van der Waals surface area contributed by atoms with E-state index < -0.39 is 29.7 Å². The summed E-state index contributed by atoms with van der Waals surface area (Å²) in [5, 5.41) is 5.67. The maximum absolute atomic E-state index is 14.2. The Labute approximate surface area is 241 Å². The van der Waals surface area contributed by atoms with Crippen LogP contribution in [0.15, 0.2) is 72.8 Å². The molecule has 3 aromatic rings. The van der Waals surface area contributed by atoms with Crippen LogP contribution in [0.3, 0.4) is 0 Å². The van der Waals surface area contributed by atoms with E-state index in [0.29, 0.717) is 23.5 Å². The molecule has 0 bridgehead atoms. The second-order valence-corrected chi connectivity index (χ2v) is 9.76. The highest BCUT2D eigenvalue weighted by molar-refractivity contribution is 5.92. The van der Waals surface area contributed by atoms with Crippen LogP contribution in [-0.4, -0.2) is 48.4 Å². The van der Waals surface area contributed by atoms with E-state index in [4.69, 9.17) is 10.5 Å². The molecule has 0 heterocycles. The van der Waals surface area contributed by atoms with E-state index in [0.717, 1.165) is 11.1 Å². The molecule has 8 nitrogen and oxygen atoms in total. The Morgan fingerprint density at radius 2 is 1.59 bits per heavy atom. The van der Waals surface area contributed by atoms with Crippen molar-refractivity contribution in [1.82, 2.24) is 15.5 Å². The van der Waals surface area contributed by atoms with Gasteiger partial charge in [0.2, 0.25) is 17.7 Å². The lowest BCUT2D eigenvalue weighted by Crippen LogP contribution is -2.55. The van der Waals surface area contributed by atoms with Crippen LogP contribution in [0.1, 0.15) is 42.5 Å². The second kappa shape index (κ2) is 15.5. The molecule has 0 aliphatic rings. The van der Waals surface area contributed by atoms with Crippen molar-refractivity contribution in [3.63, 3.8) is 0 Å². The first-order chi connectivity index (χ1) is 19.7. The third-order valence-electron chi connectivity index (χ3n) is 6.82. The van der Waals surface area contributed by atoms with Crippen molar-refractivity contribution >= 4 is 17.7 Å². The number of hydrogen-bond acceptors (Lipinski definition) is 5. The number of rotatable bonds is 14. The van der Waals surface area contributed by atoms with Crippen LogP contribution in [-0.2, 0) is 40.3 Å². The standard InChI is InChI=1S/C32H39FN4O4/c1-4-30(38)36-28(18-23-12-15-26(16-13-23)41-5-2)32(40)37(3)29(19-22-9-7-6-8-10-22)31(39)35-21-24-11-14-25(20-34)27(33)17-24/h6-17,28-29H,4-5,18-21,34H2,1-3H3,(H,35,39)(H,36,38). The Bertz CT molecular complexity index is 1300. The average Bonchev–Trinajstić information content (AvgIpc) is 2.99. The van der Waals surface area contributed by atoms with E-state index >= 15 is 0 Å². The lowest BCUT2D eigenvalue weighted by molar-refractivity contribution is -0.141. The van der Waals surface area contributed by atoms with Gasteiger partial charge in [0.15, 0.2) is 0 Å². The Morgan fingerprint density at radius 3 is 2.20 bits per heavy atom. The third-order valence-corrected chi connectivity index (χ3v) is 6.82. The first-order valence-electron chi connectivity index (χ1n) is 13.8. The van der Waals surface area contributed by atoms with E-state index in [-0.39, 0.29) is 38.3 Å². The fourth-order valence-corrected chi connectivity index (χ4v) is 4.44. The number of carbonyl (C=O) groups excluding carboxylic acids is 3. The molecular formula is C32H39FN4O4. The predicted octanol–water partition coefficient (Wildman–Crippen LogP) is 3.51. The molecule has 2 unspecified atom stereocenters. The summed E-state index contributed by atoms with van der Waals surface area (Å²) >= 11 is 0. The number of likely N-dealkylation sites (N-methyl/N-ethyl adjacent to an activating group) is 1. The van der Waals surface area contributed by atoms with Crippen LogP contribution >= 0.6 is 0 Å². The van der Waals surface area contributed by atoms with E-state index in [1.807, 2.05) is 61.5 Å². The van der Waals surface area contributed by atoms with Gasteiger partial charge in [-0.15, -0.1) is 0 Å². The molecule has 3 rings (SSSR count). The quantitative estimate of drug-likeness (QED) is 0.278. The van der Waals surface area contributed by atoms with E-state index in [1.54, 1.807) is 26.1 Å². The van der Waals surface area contributed by atoms with Gasteiger partial charge in [-0.1, -0.05) is 61.5 Å². The smallest absolute Gasteiger partial charge is 0.245 e. The van der Waals surface area contributed by atoms with Gasteiger partial charge in [0, 0.05) is 45.0 Å². The molecule has 41 heavy (non-hydrogen) atoms. The monoisotopic (exact) mass is 562 g/mol. The zero-order valence-electron chi connectivity index (χ0n) is 23.9. The number of ether oxygens (including phenoxy) is 1. The number of halogens is 1. The Morgan fingerprint density at radius 1 is 0.927 bits per heavy atom. The molecule has 4 N–H and O–H groups in total. The first kappa shape index (κ1) is 31.3. The van der Waals surface area contributed by atoms with Crippen LogP contribution in [0, 0.1) is 5.82 Å². The number of hydrogen-bond donors (Lipinski definition) is 3. The molecular weight excluding hydrogens is 523 g/mol. The van der Waals surface area contributed by atoms with Crippen LogP contribution < -0.4 is 21.1 Å². The summed E-state index contributed by atoms with van der Waals surface area (Å²) in [4.78, 5) is 41.1. The molecule has 3 amide bonds. The number of carbonyl (C=O) groups is 3. The van der Waals surface area contributed by atoms with Crippen LogP contribution in [0.2, 0.25) is 0 Å². The second-order valence-electron chi connectivity index (χ2n) is 9.76. The van der Waals surface area contributed by atoms with Gasteiger partial charge in [0.1, 0.15) is 23.7 Å². The highest BCUT2D eigenvalue weighted by Gasteiger charge is 2.32. The third kappa shape index (κ3) is 9.14. The molecule has 0 saturated heterocycles. The summed E-state index contributed by atoms with van der Waals surface area (Å²) < 4.78 is 19.7. The first-order valence-corrected chi connectivity index (χ1v) is 13.8. The zero-order valence-corrected chi connectivity index (χ0v) is 23.9. The van der Waals surface area contributed by atoms with Gasteiger partial charge < -0.3 is 26.0 Å². The topological polar surface area (TPSA) is 114 Å².